The average molecular weight is 206 g/mol. The van der Waals surface area contributed by atoms with E-state index in [1.165, 1.54) is 5.06 Å². The van der Waals surface area contributed by atoms with E-state index in [0.717, 1.165) is 5.56 Å². The van der Waals surface area contributed by atoms with Gasteiger partial charge >= 0.3 is 0 Å². The Morgan fingerprint density at radius 1 is 1.40 bits per heavy atom. The maximum Gasteiger partial charge on any atom is 0.247 e. The summed E-state index contributed by atoms with van der Waals surface area (Å²) >= 11 is 0. The molecule has 4 heteroatoms. The molecule has 2 N–H and O–H groups in total. The van der Waals surface area contributed by atoms with Gasteiger partial charge in [0, 0.05) is 12.5 Å². The van der Waals surface area contributed by atoms with Crippen LogP contribution in [0.2, 0.25) is 0 Å². The predicted molar refractivity (Wildman–Crippen MR) is 55.5 cm³/mol. The van der Waals surface area contributed by atoms with Crippen LogP contribution in [0.4, 0.5) is 0 Å². The van der Waals surface area contributed by atoms with Crippen LogP contribution in [0.15, 0.2) is 30.3 Å². The molecule has 0 spiro atoms. The van der Waals surface area contributed by atoms with E-state index in [1.807, 2.05) is 30.3 Å². The first-order valence-corrected chi connectivity index (χ1v) is 4.98. The third-order valence-electron chi connectivity index (χ3n) is 2.35. The number of nitrogens with zero attached hydrogens (tertiary/aromatic N) is 1. The summed E-state index contributed by atoms with van der Waals surface area (Å²) in [5.41, 5.74) is 6.69. The van der Waals surface area contributed by atoms with Gasteiger partial charge in [0.25, 0.3) is 0 Å². The van der Waals surface area contributed by atoms with E-state index in [0.29, 0.717) is 19.6 Å². The molecule has 1 unspecified atom stereocenters. The first kappa shape index (κ1) is 10.1. The predicted octanol–water partition coefficient (Wildman–Crippen LogP) is 0.678. The SMILES string of the molecule is NC1CC(=O)N(OCc2ccccc2)C1. The van der Waals surface area contributed by atoms with Gasteiger partial charge in [-0.05, 0) is 5.56 Å². The molecule has 0 bridgehead atoms. The van der Waals surface area contributed by atoms with Gasteiger partial charge < -0.3 is 5.73 Å². The van der Waals surface area contributed by atoms with E-state index < -0.39 is 0 Å². The Labute approximate surface area is 88.6 Å². The molecule has 80 valence electrons. The minimum atomic E-state index is -0.0896. The molecule has 0 aliphatic carbocycles. The highest BCUT2D eigenvalue weighted by Gasteiger charge is 2.27. The van der Waals surface area contributed by atoms with Crippen molar-refractivity contribution >= 4 is 5.91 Å². The van der Waals surface area contributed by atoms with E-state index in [1.54, 1.807) is 0 Å². The Balaban J connectivity index is 1.86. The number of carbonyl (C=O) groups excluding carboxylic acids is 1. The maximum atomic E-state index is 11.3. The van der Waals surface area contributed by atoms with Gasteiger partial charge in [-0.2, -0.15) is 0 Å². The number of hydrogen-bond donors (Lipinski definition) is 1. The normalized spacial score (nSPS) is 21.0. The van der Waals surface area contributed by atoms with Crippen molar-refractivity contribution in [3.63, 3.8) is 0 Å². The molecular formula is C11H14N2O2. The third kappa shape index (κ3) is 2.55. The summed E-state index contributed by atoms with van der Waals surface area (Å²) in [6.45, 7) is 0.908. The molecule has 1 fully saturated rings. The van der Waals surface area contributed by atoms with E-state index in [2.05, 4.69) is 0 Å². The first-order chi connectivity index (χ1) is 7.25. The second-order valence-electron chi connectivity index (χ2n) is 3.68. The zero-order valence-corrected chi connectivity index (χ0v) is 8.43. The molecule has 2 rings (SSSR count). The lowest BCUT2D eigenvalue weighted by Gasteiger charge is -2.15. The highest BCUT2D eigenvalue weighted by Crippen LogP contribution is 2.11. The van der Waals surface area contributed by atoms with Crippen LogP contribution in [0, 0.1) is 0 Å². The van der Waals surface area contributed by atoms with Crippen molar-refractivity contribution in [2.24, 2.45) is 5.73 Å². The summed E-state index contributed by atoms with van der Waals surface area (Å²) < 4.78 is 0. The zero-order valence-electron chi connectivity index (χ0n) is 8.43. The first-order valence-electron chi connectivity index (χ1n) is 4.98. The summed E-state index contributed by atoms with van der Waals surface area (Å²) in [5.74, 6) is -0.0292. The lowest BCUT2D eigenvalue weighted by atomic mass is 10.2. The lowest BCUT2D eigenvalue weighted by Crippen LogP contribution is -2.28. The zero-order chi connectivity index (χ0) is 10.7. The number of benzene rings is 1. The fourth-order valence-corrected chi connectivity index (χ4v) is 1.56. The summed E-state index contributed by atoms with van der Waals surface area (Å²) in [4.78, 5) is 16.7. The maximum absolute atomic E-state index is 11.3. The Morgan fingerprint density at radius 3 is 2.73 bits per heavy atom. The van der Waals surface area contributed by atoms with Crippen molar-refractivity contribution in [2.75, 3.05) is 6.54 Å². The standard InChI is InChI=1S/C11H14N2O2/c12-10-6-11(14)13(7-10)15-8-9-4-2-1-3-5-9/h1-5,10H,6-8,12H2. The summed E-state index contributed by atoms with van der Waals surface area (Å²) in [5, 5.41) is 1.36. The highest BCUT2D eigenvalue weighted by molar-refractivity contribution is 5.78. The molecule has 1 heterocycles. The lowest BCUT2D eigenvalue weighted by molar-refractivity contribution is -0.182. The molecule has 0 aromatic heterocycles. The van der Waals surface area contributed by atoms with Crippen LogP contribution in [0.5, 0.6) is 0 Å². The molecule has 1 aliphatic rings. The molecule has 1 aromatic rings. The topological polar surface area (TPSA) is 55.6 Å². The van der Waals surface area contributed by atoms with E-state index in [4.69, 9.17) is 10.6 Å². The van der Waals surface area contributed by atoms with Crippen molar-refractivity contribution in [2.45, 2.75) is 19.1 Å². The Morgan fingerprint density at radius 2 is 2.13 bits per heavy atom. The van der Waals surface area contributed by atoms with Crippen molar-refractivity contribution in [1.82, 2.24) is 5.06 Å². The smallest absolute Gasteiger partial charge is 0.247 e. The molecule has 1 atom stereocenters. The van der Waals surface area contributed by atoms with Gasteiger partial charge in [-0.15, -0.1) is 0 Å². The molecule has 15 heavy (non-hydrogen) atoms. The van der Waals surface area contributed by atoms with Gasteiger partial charge in [0.05, 0.1) is 6.54 Å². The highest BCUT2D eigenvalue weighted by atomic mass is 16.7. The van der Waals surface area contributed by atoms with Crippen molar-refractivity contribution in [3.8, 4) is 0 Å². The van der Waals surface area contributed by atoms with Crippen LogP contribution >= 0.6 is 0 Å². The fraction of sp³-hybridized carbons (Fsp3) is 0.364. The molecule has 0 saturated carbocycles. The minimum Gasteiger partial charge on any atom is -0.326 e. The Kier molecular flexibility index (Phi) is 2.99. The average Bonchev–Trinajstić information content (AvgIpc) is 2.56. The molecule has 1 saturated heterocycles. The van der Waals surface area contributed by atoms with Gasteiger partial charge in [-0.3, -0.25) is 9.63 Å². The summed E-state index contributed by atoms with van der Waals surface area (Å²) in [6.07, 6.45) is 0.384. The Bertz CT molecular complexity index is 340. The van der Waals surface area contributed by atoms with Crippen molar-refractivity contribution in [3.05, 3.63) is 35.9 Å². The van der Waals surface area contributed by atoms with Crippen LogP contribution in [0.3, 0.4) is 0 Å². The van der Waals surface area contributed by atoms with Crippen LogP contribution in [0.25, 0.3) is 0 Å². The van der Waals surface area contributed by atoms with E-state index in [9.17, 15) is 4.79 Å². The molecule has 1 amide bonds. The van der Waals surface area contributed by atoms with Gasteiger partial charge in [0.1, 0.15) is 6.61 Å². The Hall–Kier alpha value is -1.39. The van der Waals surface area contributed by atoms with E-state index >= 15 is 0 Å². The molecular weight excluding hydrogens is 192 g/mol. The number of nitrogens with two attached hydrogens (primary N) is 1. The number of amides is 1. The molecule has 1 aromatic carbocycles. The molecule has 1 aliphatic heterocycles. The number of carbonyl (C=O) groups is 1. The monoisotopic (exact) mass is 206 g/mol. The quantitative estimate of drug-likeness (QED) is 0.791. The van der Waals surface area contributed by atoms with Gasteiger partial charge in [0.2, 0.25) is 5.91 Å². The molecule has 4 nitrogen and oxygen atoms in total. The fourth-order valence-electron chi connectivity index (χ4n) is 1.56. The third-order valence-corrected chi connectivity index (χ3v) is 2.35. The van der Waals surface area contributed by atoms with Crippen LogP contribution in [0.1, 0.15) is 12.0 Å². The van der Waals surface area contributed by atoms with Crippen LogP contribution in [-0.2, 0) is 16.2 Å². The van der Waals surface area contributed by atoms with Crippen LogP contribution < -0.4 is 5.73 Å². The summed E-state index contributed by atoms with van der Waals surface area (Å²) in [7, 11) is 0. The van der Waals surface area contributed by atoms with Crippen LogP contribution in [-0.4, -0.2) is 23.6 Å². The number of rotatable bonds is 3. The van der Waals surface area contributed by atoms with Crippen molar-refractivity contribution in [1.29, 1.82) is 0 Å². The second kappa shape index (κ2) is 4.42. The molecule has 0 radical (unpaired) electrons. The number of hydroxylamine groups is 2. The van der Waals surface area contributed by atoms with Gasteiger partial charge in [-0.1, -0.05) is 30.3 Å². The van der Waals surface area contributed by atoms with E-state index in [-0.39, 0.29) is 11.9 Å². The van der Waals surface area contributed by atoms with Gasteiger partial charge in [0.15, 0.2) is 0 Å². The van der Waals surface area contributed by atoms with Crippen molar-refractivity contribution < 1.29 is 9.63 Å². The van der Waals surface area contributed by atoms with Gasteiger partial charge in [-0.25, -0.2) is 5.06 Å². The summed E-state index contributed by atoms with van der Waals surface area (Å²) in [6, 6.07) is 9.65. The largest absolute Gasteiger partial charge is 0.326 e. The second-order valence-corrected chi connectivity index (χ2v) is 3.68. The number of hydrogen-bond acceptors (Lipinski definition) is 3. The minimum absolute atomic E-state index is 0.0292.